The Morgan fingerprint density at radius 1 is 1.06 bits per heavy atom. The van der Waals surface area contributed by atoms with Crippen LogP contribution in [-0.4, -0.2) is 36.5 Å². The molecule has 3 aromatic carbocycles. The number of likely N-dealkylation sites (tertiary alicyclic amines) is 1. The molecule has 1 aliphatic rings. The minimum atomic E-state index is -0.704. The summed E-state index contributed by atoms with van der Waals surface area (Å²) in [5, 5.41) is 1.03. The van der Waals surface area contributed by atoms with Crippen molar-refractivity contribution in [3.8, 4) is 5.75 Å². The highest BCUT2D eigenvalue weighted by Crippen LogP contribution is 2.34. The summed E-state index contributed by atoms with van der Waals surface area (Å²) in [5.74, 6) is -1.65. The molecular weight excluding hydrogens is 480 g/mol. The van der Waals surface area contributed by atoms with Crippen LogP contribution < -0.4 is 4.74 Å². The van der Waals surface area contributed by atoms with E-state index in [2.05, 4.69) is 0 Å². The van der Waals surface area contributed by atoms with Crippen LogP contribution in [0.2, 0.25) is 10.0 Å². The Kier molecular flexibility index (Phi) is 7.39. The van der Waals surface area contributed by atoms with Gasteiger partial charge in [0.1, 0.15) is 6.04 Å². The molecule has 0 spiro atoms. The van der Waals surface area contributed by atoms with Crippen LogP contribution in [0.15, 0.2) is 66.7 Å². The second-order valence-electron chi connectivity index (χ2n) is 7.90. The van der Waals surface area contributed by atoms with Crippen molar-refractivity contribution in [3.05, 3.63) is 99.3 Å². The predicted octanol–water partition coefficient (Wildman–Crippen LogP) is 6.08. The molecule has 1 amide bonds. The van der Waals surface area contributed by atoms with E-state index in [9.17, 15) is 9.59 Å². The lowest BCUT2D eigenvalue weighted by Crippen LogP contribution is -2.41. The fourth-order valence-electron chi connectivity index (χ4n) is 4.05. The van der Waals surface area contributed by atoms with Crippen molar-refractivity contribution in [2.45, 2.75) is 25.0 Å². The van der Waals surface area contributed by atoms with Crippen LogP contribution in [0.4, 0.5) is 4.39 Å². The van der Waals surface area contributed by atoms with Gasteiger partial charge in [0.25, 0.3) is 5.91 Å². The summed E-state index contributed by atoms with van der Waals surface area (Å²) < 4.78 is 26.0. The lowest BCUT2D eigenvalue weighted by Gasteiger charge is -2.24. The molecular formula is C26H22Cl2FNO4. The zero-order valence-electron chi connectivity index (χ0n) is 18.3. The Hall–Kier alpha value is -3.09. The monoisotopic (exact) mass is 501 g/mol. The summed E-state index contributed by atoms with van der Waals surface area (Å²) in [7, 11) is 1.28. The number of hydrogen-bond acceptors (Lipinski definition) is 4. The lowest BCUT2D eigenvalue weighted by molar-refractivity contribution is -0.145. The van der Waals surface area contributed by atoms with Crippen molar-refractivity contribution in [1.29, 1.82) is 0 Å². The first-order chi connectivity index (χ1) is 16.4. The Labute approximate surface area is 207 Å². The van der Waals surface area contributed by atoms with E-state index in [1.807, 2.05) is 6.07 Å². The number of carbonyl (C=O) groups is 2. The number of carbonyl (C=O) groups excluding carboxylic acids is 2. The Bertz CT molecular complexity index is 1200. The molecule has 1 saturated heterocycles. The normalized spacial score (nSPS) is 16.2. The zero-order chi connectivity index (χ0) is 24.2. The van der Waals surface area contributed by atoms with Crippen LogP contribution in [0.3, 0.4) is 0 Å². The van der Waals surface area contributed by atoms with E-state index in [1.165, 1.54) is 24.1 Å². The molecule has 0 bridgehead atoms. The Balaban J connectivity index is 1.62. The molecule has 1 fully saturated rings. The molecule has 1 aliphatic heterocycles. The van der Waals surface area contributed by atoms with Gasteiger partial charge < -0.3 is 14.4 Å². The average Bonchev–Trinajstić information content (AvgIpc) is 3.33. The maximum absolute atomic E-state index is 15.1. The maximum atomic E-state index is 15.1. The molecule has 8 heteroatoms. The summed E-state index contributed by atoms with van der Waals surface area (Å²) in [6.45, 7) is 0.406. The molecule has 0 aliphatic carbocycles. The number of esters is 1. The van der Waals surface area contributed by atoms with E-state index in [-0.39, 0.29) is 11.3 Å². The van der Waals surface area contributed by atoms with Crippen LogP contribution >= 0.6 is 23.2 Å². The molecule has 4 rings (SSSR count). The number of halogens is 3. The fourth-order valence-corrected chi connectivity index (χ4v) is 4.41. The quantitative estimate of drug-likeness (QED) is 0.384. The van der Waals surface area contributed by atoms with E-state index in [0.717, 1.165) is 11.6 Å². The number of benzene rings is 3. The summed E-state index contributed by atoms with van der Waals surface area (Å²) in [6.07, 6.45) is 0.489. The second kappa shape index (κ2) is 10.5. The molecule has 0 saturated carbocycles. The topological polar surface area (TPSA) is 55.8 Å². The van der Waals surface area contributed by atoms with E-state index < -0.39 is 29.8 Å². The Morgan fingerprint density at radius 3 is 2.47 bits per heavy atom. The van der Waals surface area contributed by atoms with Crippen LogP contribution in [0.1, 0.15) is 40.4 Å². The molecule has 3 aromatic rings. The third kappa shape index (κ3) is 5.03. The molecule has 176 valence electrons. The zero-order valence-corrected chi connectivity index (χ0v) is 19.9. The summed E-state index contributed by atoms with van der Waals surface area (Å²) in [5.41, 5.74) is 1.51. The fraction of sp³-hybridized carbons (Fsp3) is 0.231. The van der Waals surface area contributed by atoms with Gasteiger partial charge in [0.05, 0.1) is 7.11 Å². The average molecular weight is 502 g/mol. The minimum absolute atomic E-state index is 0.0395. The molecule has 2 atom stereocenters. The van der Waals surface area contributed by atoms with Gasteiger partial charge in [-0.2, -0.15) is 0 Å². The number of amides is 1. The van der Waals surface area contributed by atoms with Gasteiger partial charge in [0, 0.05) is 27.7 Å². The van der Waals surface area contributed by atoms with Gasteiger partial charge in [-0.1, -0.05) is 53.5 Å². The van der Waals surface area contributed by atoms with Crippen molar-refractivity contribution >= 4 is 35.1 Å². The van der Waals surface area contributed by atoms with Crippen molar-refractivity contribution in [2.24, 2.45) is 0 Å². The highest BCUT2D eigenvalue weighted by atomic mass is 35.5. The van der Waals surface area contributed by atoms with Gasteiger partial charge >= 0.3 is 5.97 Å². The van der Waals surface area contributed by atoms with Gasteiger partial charge in [-0.15, -0.1) is 0 Å². The van der Waals surface area contributed by atoms with Crippen molar-refractivity contribution < 1.29 is 23.5 Å². The molecule has 1 heterocycles. The second-order valence-corrected chi connectivity index (χ2v) is 8.74. The van der Waals surface area contributed by atoms with Crippen LogP contribution in [0.5, 0.6) is 5.75 Å². The SMILES string of the molecule is COC(=O)[C@@H]1CCCN1C(=O)c1ccc(OC(c2ccc(Cl)cc2)c2ccccc2Cl)c(F)c1. The molecule has 34 heavy (non-hydrogen) atoms. The summed E-state index contributed by atoms with van der Waals surface area (Å²) in [6, 6.07) is 17.5. The number of hydrogen-bond donors (Lipinski definition) is 0. The summed E-state index contributed by atoms with van der Waals surface area (Å²) in [4.78, 5) is 26.4. The van der Waals surface area contributed by atoms with E-state index in [4.69, 9.17) is 32.7 Å². The number of ether oxygens (including phenoxy) is 2. The molecule has 0 radical (unpaired) electrons. The maximum Gasteiger partial charge on any atom is 0.328 e. The van der Waals surface area contributed by atoms with Crippen molar-refractivity contribution in [2.75, 3.05) is 13.7 Å². The van der Waals surface area contributed by atoms with E-state index in [0.29, 0.717) is 35.0 Å². The third-order valence-corrected chi connectivity index (χ3v) is 6.37. The summed E-state index contributed by atoms with van der Waals surface area (Å²) >= 11 is 12.4. The molecule has 0 N–H and O–H groups in total. The largest absolute Gasteiger partial charge is 0.478 e. The standard InChI is InChI=1S/C26H22Cl2FNO4/c1-33-26(32)22-7-4-14-30(22)25(31)17-10-13-23(21(29)15-17)34-24(16-8-11-18(27)12-9-16)19-5-2-3-6-20(19)28/h2-3,5-6,8-13,15,22,24H,4,7,14H2,1H3/t22-,24?/m0/s1. The number of methoxy groups -OCH3 is 1. The first-order valence-electron chi connectivity index (χ1n) is 10.7. The number of rotatable bonds is 6. The van der Waals surface area contributed by atoms with Gasteiger partial charge in [0.15, 0.2) is 17.7 Å². The minimum Gasteiger partial charge on any atom is -0.478 e. The van der Waals surface area contributed by atoms with Gasteiger partial charge in [-0.3, -0.25) is 4.79 Å². The van der Waals surface area contributed by atoms with Crippen LogP contribution in [0, 0.1) is 5.82 Å². The van der Waals surface area contributed by atoms with E-state index >= 15 is 4.39 Å². The molecule has 1 unspecified atom stereocenters. The third-order valence-electron chi connectivity index (χ3n) is 5.77. The smallest absolute Gasteiger partial charge is 0.328 e. The highest BCUT2D eigenvalue weighted by Gasteiger charge is 2.35. The predicted molar refractivity (Wildman–Crippen MR) is 128 cm³/mol. The van der Waals surface area contributed by atoms with Crippen LogP contribution in [0.25, 0.3) is 0 Å². The van der Waals surface area contributed by atoms with Crippen molar-refractivity contribution in [1.82, 2.24) is 4.90 Å². The highest BCUT2D eigenvalue weighted by molar-refractivity contribution is 6.31. The molecule has 0 aromatic heterocycles. The van der Waals surface area contributed by atoms with Gasteiger partial charge in [0.2, 0.25) is 0 Å². The van der Waals surface area contributed by atoms with Gasteiger partial charge in [-0.25, -0.2) is 9.18 Å². The lowest BCUT2D eigenvalue weighted by atomic mass is 10.0. The number of nitrogens with zero attached hydrogens (tertiary/aromatic N) is 1. The first kappa shape index (κ1) is 24.0. The molecule has 5 nitrogen and oxygen atoms in total. The first-order valence-corrected chi connectivity index (χ1v) is 11.5. The van der Waals surface area contributed by atoms with E-state index in [1.54, 1.807) is 42.5 Å². The Morgan fingerprint density at radius 2 is 1.79 bits per heavy atom. The van der Waals surface area contributed by atoms with Crippen molar-refractivity contribution in [3.63, 3.8) is 0 Å². The van der Waals surface area contributed by atoms with Crippen LogP contribution in [-0.2, 0) is 9.53 Å². The van der Waals surface area contributed by atoms with Gasteiger partial charge in [-0.05, 0) is 54.8 Å².